The van der Waals surface area contributed by atoms with E-state index in [2.05, 4.69) is 26.3 Å². The Labute approximate surface area is 237 Å². The highest BCUT2D eigenvalue weighted by Gasteiger charge is 2.29. The van der Waals surface area contributed by atoms with Crippen molar-refractivity contribution >= 4 is 23.3 Å². The number of pyridine rings is 2. The zero-order chi connectivity index (χ0) is 28.6. The lowest BCUT2D eigenvalue weighted by Gasteiger charge is -2.33. The Morgan fingerprint density at radius 3 is 2.58 bits per heavy atom. The van der Waals surface area contributed by atoms with E-state index in [1.807, 2.05) is 57.5 Å². The van der Waals surface area contributed by atoms with Gasteiger partial charge < -0.3 is 14.4 Å². The van der Waals surface area contributed by atoms with Crippen LogP contribution >= 0.6 is 11.6 Å². The second kappa shape index (κ2) is 10.8. The molecule has 1 fully saturated rings. The minimum atomic E-state index is -0.526. The van der Waals surface area contributed by atoms with Crippen LogP contribution in [0.1, 0.15) is 69.6 Å². The fourth-order valence-electron chi connectivity index (χ4n) is 4.83. The van der Waals surface area contributed by atoms with Crippen molar-refractivity contribution in [1.29, 1.82) is 5.26 Å². The highest BCUT2D eigenvalue weighted by Crippen LogP contribution is 2.33. The smallest absolute Gasteiger partial charge is 0.410 e. The molecule has 1 aliphatic heterocycles. The van der Waals surface area contributed by atoms with Gasteiger partial charge in [-0.15, -0.1) is 5.10 Å². The van der Waals surface area contributed by atoms with E-state index in [4.69, 9.17) is 21.1 Å². The zero-order valence-corrected chi connectivity index (χ0v) is 23.9. The Balaban J connectivity index is 1.41. The summed E-state index contributed by atoms with van der Waals surface area (Å²) in [6, 6.07) is 9.56. The van der Waals surface area contributed by atoms with Crippen LogP contribution in [0, 0.1) is 18.3 Å². The first kappa shape index (κ1) is 27.4. The number of likely N-dealkylation sites (tertiary alicyclic amines) is 1. The Kier molecular flexibility index (Phi) is 7.38. The van der Waals surface area contributed by atoms with Gasteiger partial charge in [-0.2, -0.15) is 5.26 Å². The maximum absolute atomic E-state index is 12.5. The van der Waals surface area contributed by atoms with Gasteiger partial charge in [-0.1, -0.05) is 22.9 Å². The second-order valence-electron chi connectivity index (χ2n) is 10.9. The third kappa shape index (κ3) is 5.58. The number of rotatable bonds is 5. The van der Waals surface area contributed by atoms with Crippen molar-refractivity contribution < 1.29 is 14.3 Å². The van der Waals surface area contributed by atoms with E-state index in [1.54, 1.807) is 21.6 Å². The van der Waals surface area contributed by atoms with Crippen LogP contribution in [0.4, 0.5) is 4.79 Å². The van der Waals surface area contributed by atoms with E-state index in [9.17, 15) is 10.1 Å². The van der Waals surface area contributed by atoms with Gasteiger partial charge in [-0.05, 0) is 59.6 Å². The van der Waals surface area contributed by atoms with Crippen molar-refractivity contribution in [3.8, 4) is 23.2 Å². The van der Waals surface area contributed by atoms with E-state index >= 15 is 0 Å². The van der Waals surface area contributed by atoms with Crippen LogP contribution in [0.5, 0.6) is 5.88 Å². The van der Waals surface area contributed by atoms with Gasteiger partial charge in [0.05, 0.1) is 17.9 Å². The number of fused-ring (bicyclic) bond motifs is 1. The molecule has 11 nitrogen and oxygen atoms in total. The molecule has 1 aliphatic rings. The van der Waals surface area contributed by atoms with E-state index in [-0.39, 0.29) is 18.2 Å². The van der Waals surface area contributed by atoms with Crippen LogP contribution in [-0.2, 0) is 4.74 Å². The van der Waals surface area contributed by atoms with Crippen molar-refractivity contribution in [3.05, 3.63) is 58.8 Å². The summed E-state index contributed by atoms with van der Waals surface area (Å²) in [4.78, 5) is 22.8. The number of imidazole rings is 1. The molecule has 0 saturated carbocycles. The minimum absolute atomic E-state index is 0.105. The fraction of sp³-hybridized carbons (Fsp3) is 0.429. The zero-order valence-electron chi connectivity index (χ0n) is 23.1. The lowest BCUT2D eigenvalue weighted by Crippen LogP contribution is -2.42. The highest BCUT2D eigenvalue weighted by molar-refractivity contribution is 6.29. The molecule has 1 atom stereocenters. The van der Waals surface area contributed by atoms with Crippen molar-refractivity contribution in [2.45, 2.75) is 65.2 Å². The molecule has 5 heterocycles. The van der Waals surface area contributed by atoms with Crippen molar-refractivity contribution in [2.24, 2.45) is 0 Å². The summed E-state index contributed by atoms with van der Waals surface area (Å²) in [5.41, 5.74) is 3.59. The molecule has 40 heavy (non-hydrogen) atoms. The van der Waals surface area contributed by atoms with Gasteiger partial charge >= 0.3 is 6.09 Å². The lowest BCUT2D eigenvalue weighted by molar-refractivity contribution is 0.0183. The Hall–Kier alpha value is -4.17. The average molecular weight is 563 g/mol. The third-order valence-electron chi connectivity index (χ3n) is 6.87. The Morgan fingerprint density at radius 1 is 1.18 bits per heavy atom. The van der Waals surface area contributed by atoms with Crippen LogP contribution in [0.2, 0.25) is 5.15 Å². The summed E-state index contributed by atoms with van der Waals surface area (Å²) < 4.78 is 15.5. The molecule has 1 saturated heterocycles. The fourth-order valence-corrected chi connectivity index (χ4v) is 4.94. The quantitative estimate of drug-likeness (QED) is 0.291. The molecule has 1 amide bonds. The number of nitrogens with zero attached hydrogens (tertiary/aromatic N) is 8. The molecule has 0 bridgehead atoms. The van der Waals surface area contributed by atoms with Gasteiger partial charge in [0.15, 0.2) is 0 Å². The molecule has 0 spiro atoms. The van der Waals surface area contributed by atoms with Gasteiger partial charge in [0.2, 0.25) is 5.88 Å². The summed E-state index contributed by atoms with van der Waals surface area (Å²) in [6.45, 7) is 10.6. The molecule has 0 aliphatic carbocycles. The first-order chi connectivity index (χ1) is 19.0. The number of nitriles is 1. The molecular weight excluding hydrogens is 532 g/mol. The number of hydrogen-bond acceptors (Lipinski definition) is 8. The van der Waals surface area contributed by atoms with Gasteiger partial charge in [-0.3, -0.25) is 4.40 Å². The summed E-state index contributed by atoms with van der Waals surface area (Å²) in [5, 5.41) is 19.1. The summed E-state index contributed by atoms with van der Waals surface area (Å²) in [6.07, 6.45) is 4.01. The average Bonchev–Trinajstić information content (AvgIpc) is 3.51. The van der Waals surface area contributed by atoms with Crippen LogP contribution < -0.4 is 4.74 Å². The first-order valence-corrected chi connectivity index (χ1v) is 13.5. The summed E-state index contributed by atoms with van der Waals surface area (Å²) in [7, 11) is 0. The number of ether oxygens (including phenoxy) is 2. The van der Waals surface area contributed by atoms with Crippen molar-refractivity contribution in [2.75, 3.05) is 13.1 Å². The molecule has 5 rings (SSSR count). The number of halogens is 1. The standard InChI is InChI=1S/C28H31ClN8O3/c1-17-26(33-34-37(17)21-8-10-35(11-9-21)27(38)40-28(3,4)5)20-12-24-32-16-22(14-30)36(24)25(13-20)39-18(2)19-6-7-23(29)31-15-19/h6-7,12-13,15-16,18,21H,8-11H2,1-5H3. The Bertz CT molecular complexity index is 1570. The monoisotopic (exact) mass is 562 g/mol. The van der Waals surface area contributed by atoms with Crippen LogP contribution in [0.25, 0.3) is 16.9 Å². The van der Waals surface area contributed by atoms with Crippen LogP contribution in [0.3, 0.4) is 0 Å². The maximum atomic E-state index is 12.5. The van der Waals surface area contributed by atoms with Crippen LogP contribution in [0.15, 0.2) is 36.7 Å². The predicted molar refractivity (Wildman–Crippen MR) is 148 cm³/mol. The van der Waals surface area contributed by atoms with Gasteiger partial charge in [0.1, 0.15) is 40.0 Å². The summed E-state index contributed by atoms with van der Waals surface area (Å²) in [5.74, 6) is 0.448. The maximum Gasteiger partial charge on any atom is 0.410 e. The molecule has 12 heteroatoms. The van der Waals surface area contributed by atoms with Gasteiger partial charge in [0.25, 0.3) is 0 Å². The molecule has 0 aromatic carbocycles. The normalized spacial score (nSPS) is 15.2. The third-order valence-corrected chi connectivity index (χ3v) is 7.09. The largest absolute Gasteiger partial charge is 0.471 e. The number of piperidine rings is 1. The van der Waals surface area contributed by atoms with E-state index in [0.717, 1.165) is 29.7 Å². The van der Waals surface area contributed by atoms with Crippen LogP contribution in [-0.4, -0.2) is 59.0 Å². The molecule has 0 radical (unpaired) electrons. The topological polar surface area (TPSA) is 123 Å². The minimum Gasteiger partial charge on any atom is -0.471 e. The number of hydrogen-bond donors (Lipinski definition) is 0. The first-order valence-electron chi connectivity index (χ1n) is 13.1. The SMILES string of the molecule is Cc1c(-c2cc(OC(C)c3ccc(Cl)nc3)n3c(C#N)cnc3c2)nnn1C1CCN(C(=O)OC(C)(C)C)CC1. The molecule has 4 aromatic rings. The predicted octanol–water partition coefficient (Wildman–Crippen LogP) is 5.53. The number of carbonyl (C=O) groups excluding carboxylic acids is 1. The lowest BCUT2D eigenvalue weighted by atomic mass is 10.0. The van der Waals surface area contributed by atoms with E-state index < -0.39 is 5.60 Å². The van der Waals surface area contributed by atoms with Crippen molar-refractivity contribution in [1.82, 2.24) is 34.3 Å². The van der Waals surface area contributed by atoms with Gasteiger partial charge in [0, 0.05) is 36.5 Å². The Morgan fingerprint density at radius 2 is 1.93 bits per heavy atom. The van der Waals surface area contributed by atoms with E-state index in [1.165, 1.54) is 6.20 Å². The molecular formula is C28H31ClN8O3. The van der Waals surface area contributed by atoms with Crippen molar-refractivity contribution in [3.63, 3.8) is 0 Å². The van der Waals surface area contributed by atoms with Gasteiger partial charge in [-0.25, -0.2) is 19.4 Å². The van der Waals surface area contributed by atoms with E-state index in [0.29, 0.717) is 41.2 Å². The highest BCUT2D eigenvalue weighted by atomic mass is 35.5. The number of amides is 1. The molecule has 208 valence electrons. The number of aromatic nitrogens is 6. The molecule has 1 unspecified atom stereocenters. The molecule has 0 N–H and O–H groups in total. The molecule has 4 aromatic heterocycles. The summed E-state index contributed by atoms with van der Waals surface area (Å²) >= 11 is 5.95. The number of carbonyl (C=O) groups is 1. The second-order valence-corrected chi connectivity index (χ2v) is 11.3.